The summed E-state index contributed by atoms with van der Waals surface area (Å²) in [5, 5.41) is 4.37. The maximum absolute atomic E-state index is 11.8. The van der Waals surface area contributed by atoms with Crippen molar-refractivity contribution in [2.24, 2.45) is 0 Å². The van der Waals surface area contributed by atoms with E-state index >= 15 is 0 Å². The molecule has 0 saturated heterocycles. The SMILES string of the molecule is CCS(=O)(=O)NC[C@@H]1CN(Cc2ccc3c(c2)OCO3)Cc2ccnn21. The highest BCUT2D eigenvalue weighted by molar-refractivity contribution is 7.89. The minimum Gasteiger partial charge on any atom is -0.454 e. The van der Waals surface area contributed by atoms with Crippen molar-refractivity contribution in [3.8, 4) is 11.5 Å². The van der Waals surface area contributed by atoms with Gasteiger partial charge in [0, 0.05) is 32.4 Å². The van der Waals surface area contributed by atoms with Gasteiger partial charge >= 0.3 is 0 Å². The number of nitrogens with zero attached hydrogens (tertiary/aromatic N) is 3. The molecule has 9 heteroatoms. The van der Waals surface area contributed by atoms with Crippen molar-refractivity contribution in [3.05, 3.63) is 41.7 Å². The van der Waals surface area contributed by atoms with Crippen LogP contribution in [0.15, 0.2) is 30.5 Å². The zero-order valence-corrected chi connectivity index (χ0v) is 15.4. The number of ether oxygens (including phenoxy) is 2. The second kappa shape index (κ2) is 6.90. The van der Waals surface area contributed by atoms with E-state index in [1.165, 1.54) is 0 Å². The molecule has 0 saturated carbocycles. The number of nitrogens with one attached hydrogen (secondary N) is 1. The van der Waals surface area contributed by atoms with Crippen LogP contribution in [0.2, 0.25) is 0 Å². The number of aromatic nitrogens is 2. The quantitative estimate of drug-likeness (QED) is 0.810. The first-order valence-electron chi connectivity index (χ1n) is 8.64. The molecule has 0 spiro atoms. The predicted octanol–water partition coefficient (Wildman–Crippen LogP) is 1.11. The molecule has 0 fully saturated rings. The van der Waals surface area contributed by atoms with Crippen LogP contribution in [-0.2, 0) is 23.1 Å². The highest BCUT2D eigenvalue weighted by atomic mass is 32.2. The Labute approximate surface area is 152 Å². The molecule has 4 rings (SSSR count). The summed E-state index contributed by atoms with van der Waals surface area (Å²) in [4.78, 5) is 2.29. The first-order chi connectivity index (χ1) is 12.5. The van der Waals surface area contributed by atoms with Gasteiger partial charge < -0.3 is 9.47 Å². The van der Waals surface area contributed by atoms with Crippen molar-refractivity contribution < 1.29 is 17.9 Å². The lowest BCUT2D eigenvalue weighted by Crippen LogP contribution is -2.42. The van der Waals surface area contributed by atoms with E-state index in [1.54, 1.807) is 13.1 Å². The summed E-state index contributed by atoms with van der Waals surface area (Å²) in [7, 11) is -3.23. The topological polar surface area (TPSA) is 85.7 Å². The molecule has 8 nitrogen and oxygen atoms in total. The molecule has 140 valence electrons. The Hall–Kier alpha value is -2.10. The van der Waals surface area contributed by atoms with Gasteiger partial charge in [0.25, 0.3) is 0 Å². The first kappa shape index (κ1) is 17.3. The first-order valence-corrected chi connectivity index (χ1v) is 10.3. The molecule has 1 aromatic carbocycles. The van der Waals surface area contributed by atoms with E-state index in [-0.39, 0.29) is 18.6 Å². The van der Waals surface area contributed by atoms with E-state index in [0.29, 0.717) is 6.54 Å². The molecule has 0 bridgehead atoms. The van der Waals surface area contributed by atoms with Crippen molar-refractivity contribution >= 4 is 10.0 Å². The number of sulfonamides is 1. The summed E-state index contributed by atoms with van der Waals surface area (Å²) in [5.74, 6) is 1.63. The molecule has 2 aliphatic heterocycles. The second-order valence-corrected chi connectivity index (χ2v) is 8.63. The monoisotopic (exact) mass is 378 g/mol. The van der Waals surface area contributed by atoms with Crippen LogP contribution in [0.4, 0.5) is 0 Å². The van der Waals surface area contributed by atoms with Gasteiger partial charge in [-0.15, -0.1) is 0 Å². The molecular formula is C17H22N4O4S. The van der Waals surface area contributed by atoms with E-state index in [0.717, 1.165) is 42.4 Å². The number of fused-ring (bicyclic) bond motifs is 2. The van der Waals surface area contributed by atoms with Gasteiger partial charge in [-0.05, 0) is 30.7 Å². The highest BCUT2D eigenvalue weighted by Gasteiger charge is 2.27. The number of hydrogen-bond acceptors (Lipinski definition) is 6. The molecule has 2 aromatic rings. The third-order valence-electron chi connectivity index (χ3n) is 4.71. The Morgan fingerprint density at radius 3 is 2.96 bits per heavy atom. The molecule has 1 atom stereocenters. The highest BCUT2D eigenvalue weighted by Crippen LogP contribution is 2.33. The molecular weight excluding hydrogens is 356 g/mol. The van der Waals surface area contributed by atoms with Crippen LogP contribution in [0.25, 0.3) is 0 Å². The minimum absolute atomic E-state index is 0.0379. The van der Waals surface area contributed by atoms with E-state index in [4.69, 9.17) is 9.47 Å². The summed E-state index contributed by atoms with van der Waals surface area (Å²) < 4.78 is 39.0. The van der Waals surface area contributed by atoms with E-state index < -0.39 is 10.0 Å². The molecule has 0 aliphatic carbocycles. The lowest BCUT2D eigenvalue weighted by atomic mass is 10.1. The number of rotatable bonds is 6. The largest absolute Gasteiger partial charge is 0.454 e. The van der Waals surface area contributed by atoms with Crippen molar-refractivity contribution in [1.82, 2.24) is 19.4 Å². The predicted molar refractivity (Wildman–Crippen MR) is 95.4 cm³/mol. The van der Waals surface area contributed by atoms with Gasteiger partial charge in [-0.3, -0.25) is 9.58 Å². The summed E-state index contributed by atoms with van der Waals surface area (Å²) in [6, 6.07) is 7.91. The van der Waals surface area contributed by atoms with Crippen molar-refractivity contribution in [1.29, 1.82) is 0 Å². The molecule has 26 heavy (non-hydrogen) atoms. The van der Waals surface area contributed by atoms with Crippen LogP contribution in [-0.4, -0.2) is 48.7 Å². The van der Waals surface area contributed by atoms with Gasteiger partial charge in [-0.1, -0.05) is 6.07 Å². The number of hydrogen-bond donors (Lipinski definition) is 1. The van der Waals surface area contributed by atoms with Crippen LogP contribution in [0.3, 0.4) is 0 Å². The third-order valence-corrected chi connectivity index (χ3v) is 6.08. The molecule has 1 N–H and O–H groups in total. The minimum atomic E-state index is -3.23. The fourth-order valence-electron chi connectivity index (χ4n) is 3.36. The summed E-state index contributed by atoms with van der Waals surface area (Å²) in [5.41, 5.74) is 2.22. The lowest BCUT2D eigenvalue weighted by molar-refractivity contribution is 0.167. The van der Waals surface area contributed by atoms with Gasteiger partial charge in [-0.25, -0.2) is 13.1 Å². The van der Waals surface area contributed by atoms with E-state index in [9.17, 15) is 8.42 Å². The molecule has 3 heterocycles. The standard InChI is InChI=1S/C17H22N4O4S/c1-2-26(22,23)19-8-15-11-20(10-14-5-6-18-21(14)15)9-13-3-4-16-17(7-13)25-12-24-16/h3-7,15,19H,2,8-12H2,1H3/t15-/m1/s1. The molecule has 1 aromatic heterocycles. The van der Waals surface area contributed by atoms with Gasteiger partial charge in [0.05, 0.1) is 17.5 Å². The van der Waals surface area contributed by atoms with Crippen LogP contribution < -0.4 is 14.2 Å². The number of benzene rings is 1. The average molecular weight is 378 g/mol. The van der Waals surface area contributed by atoms with Gasteiger partial charge in [-0.2, -0.15) is 5.10 Å². The Morgan fingerprint density at radius 2 is 2.12 bits per heavy atom. The Kier molecular flexibility index (Phi) is 4.60. The zero-order valence-electron chi connectivity index (χ0n) is 14.6. The zero-order chi connectivity index (χ0) is 18.1. The smallest absolute Gasteiger partial charge is 0.231 e. The molecule has 0 amide bonds. The van der Waals surface area contributed by atoms with Gasteiger partial charge in [0.15, 0.2) is 11.5 Å². The van der Waals surface area contributed by atoms with Crippen molar-refractivity contribution in [3.63, 3.8) is 0 Å². The Bertz CT molecular complexity index is 896. The average Bonchev–Trinajstić information content (AvgIpc) is 3.28. The summed E-state index contributed by atoms with van der Waals surface area (Å²) in [6.07, 6.45) is 1.76. The van der Waals surface area contributed by atoms with Crippen LogP contribution in [0.1, 0.15) is 24.2 Å². The maximum atomic E-state index is 11.8. The third kappa shape index (κ3) is 3.55. The molecule has 0 radical (unpaired) electrons. The summed E-state index contributed by atoms with van der Waals surface area (Å²) >= 11 is 0. The fourth-order valence-corrected chi connectivity index (χ4v) is 4.01. The van der Waals surface area contributed by atoms with Crippen molar-refractivity contribution in [2.45, 2.75) is 26.1 Å². The van der Waals surface area contributed by atoms with Gasteiger partial charge in [0.1, 0.15) is 0 Å². The normalized spacial score (nSPS) is 19.5. The Morgan fingerprint density at radius 1 is 1.27 bits per heavy atom. The fraction of sp³-hybridized carbons (Fsp3) is 0.471. The second-order valence-electron chi connectivity index (χ2n) is 6.53. The maximum Gasteiger partial charge on any atom is 0.231 e. The van der Waals surface area contributed by atoms with Crippen LogP contribution in [0.5, 0.6) is 11.5 Å². The van der Waals surface area contributed by atoms with E-state index in [2.05, 4.69) is 14.7 Å². The van der Waals surface area contributed by atoms with Gasteiger partial charge in [0.2, 0.25) is 16.8 Å². The van der Waals surface area contributed by atoms with Crippen molar-refractivity contribution in [2.75, 3.05) is 25.6 Å². The van der Waals surface area contributed by atoms with Crippen LogP contribution >= 0.6 is 0 Å². The summed E-state index contributed by atoms with van der Waals surface area (Å²) in [6.45, 7) is 4.47. The van der Waals surface area contributed by atoms with Crippen LogP contribution in [0, 0.1) is 0 Å². The Balaban J connectivity index is 1.48. The molecule has 2 aliphatic rings. The molecule has 0 unspecified atom stereocenters. The van der Waals surface area contributed by atoms with E-state index in [1.807, 2.05) is 28.9 Å². The lowest BCUT2D eigenvalue weighted by Gasteiger charge is -2.34.